The van der Waals surface area contributed by atoms with Crippen molar-refractivity contribution in [1.82, 2.24) is 15.6 Å². The number of fused-ring (bicyclic) bond motifs is 1. The van der Waals surface area contributed by atoms with Crippen molar-refractivity contribution in [2.75, 3.05) is 17.3 Å². The Morgan fingerprint density at radius 1 is 1.06 bits per heavy atom. The average Bonchev–Trinajstić information content (AvgIpc) is 3.28. The minimum absolute atomic E-state index is 0.0279. The van der Waals surface area contributed by atoms with Gasteiger partial charge >= 0.3 is 0 Å². The molecule has 8 nitrogen and oxygen atoms in total. The highest BCUT2D eigenvalue weighted by atomic mass is 16.2. The lowest BCUT2D eigenvalue weighted by molar-refractivity contribution is -0.131. The van der Waals surface area contributed by atoms with E-state index in [9.17, 15) is 14.4 Å². The third kappa shape index (κ3) is 5.53. The molecule has 35 heavy (non-hydrogen) atoms. The Labute approximate surface area is 206 Å². The van der Waals surface area contributed by atoms with E-state index in [1.807, 2.05) is 49.4 Å². The first kappa shape index (κ1) is 24.9. The van der Waals surface area contributed by atoms with E-state index in [-0.39, 0.29) is 29.7 Å². The fraction of sp³-hybridized carbons (Fsp3) is 0.481. The molecule has 0 bridgehead atoms. The van der Waals surface area contributed by atoms with Crippen LogP contribution in [0.5, 0.6) is 0 Å². The standard InChI is InChI=1S/C27H35N5O3/c1-3-21(28-2)25(33)31-23(18-11-6-4-7-12-18)27(35)32-22(17-19-13-10-16-29-24(19)32)26(34)30-20-14-8-5-9-15-20/h5,8-10,13-16,18,21-23,28H,3-4,6-7,11-12,17H2,1-2H3,(H,30,34)(H,31,33). The van der Waals surface area contributed by atoms with Gasteiger partial charge in [-0.3, -0.25) is 19.3 Å². The van der Waals surface area contributed by atoms with Crippen LogP contribution in [-0.2, 0) is 20.8 Å². The number of para-hydroxylation sites is 1. The number of carbonyl (C=O) groups excluding carboxylic acids is 3. The van der Waals surface area contributed by atoms with Crippen LogP contribution in [0.15, 0.2) is 48.7 Å². The average molecular weight is 478 g/mol. The molecule has 3 atom stereocenters. The van der Waals surface area contributed by atoms with E-state index in [0.717, 1.165) is 37.7 Å². The van der Waals surface area contributed by atoms with Gasteiger partial charge in [-0.25, -0.2) is 4.98 Å². The number of rotatable bonds is 8. The zero-order valence-electron chi connectivity index (χ0n) is 20.5. The van der Waals surface area contributed by atoms with Crippen LogP contribution in [0, 0.1) is 5.92 Å². The molecule has 8 heteroatoms. The third-order valence-electron chi connectivity index (χ3n) is 7.16. The van der Waals surface area contributed by atoms with Crippen molar-refractivity contribution < 1.29 is 14.4 Å². The second-order valence-electron chi connectivity index (χ2n) is 9.40. The Morgan fingerprint density at radius 3 is 2.49 bits per heavy atom. The molecule has 4 rings (SSSR count). The Bertz CT molecular complexity index is 1030. The molecule has 0 spiro atoms. The summed E-state index contributed by atoms with van der Waals surface area (Å²) in [6, 6.07) is 11.1. The number of likely N-dealkylation sites (N-methyl/N-ethyl adjacent to an activating group) is 1. The third-order valence-corrected chi connectivity index (χ3v) is 7.16. The SMILES string of the molecule is CCC(NC)C(=O)NC(C(=O)N1c2ncccc2CC1C(=O)Nc1ccccc1)C1CCCCC1. The Hall–Kier alpha value is -3.26. The first-order valence-electron chi connectivity index (χ1n) is 12.6. The normalized spacial score (nSPS) is 19.5. The number of carbonyl (C=O) groups is 3. The van der Waals surface area contributed by atoms with Crippen LogP contribution in [0.4, 0.5) is 11.5 Å². The van der Waals surface area contributed by atoms with E-state index in [1.54, 1.807) is 13.2 Å². The highest BCUT2D eigenvalue weighted by Gasteiger charge is 2.44. The van der Waals surface area contributed by atoms with Gasteiger partial charge in [0.2, 0.25) is 11.8 Å². The number of pyridine rings is 1. The van der Waals surface area contributed by atoms with Gasteiger partial charge in [-0.2, -0.15) is 0 Å². The highest BCUT2D eigenvalue weighted by Crippen LogP contribution is 2.34. The Kier molecular flexibility index (Phi) is 8.13. The summed E-state index contributed by atoms with van der Waals surface area (Å²) in [5.41, 5.74) is 1.52. The quantitative estimate of drug-likeness (QED) is 0.542. The Morgan fingerprint density at radius 2 is 1.80 bits per heavy atom. The van der Waals surface area contributed by atoms with Gasteiger partial charge in [0.1, 0.15) is 17.9 Å². The zero-order valence-corrected chi connectivity index (χ0v) is 20.5. The fourth-order valence-corrected chi connectivity index (χ4v) is 5.24. The van der Waals surface area contributed by atoms with Crippen molar-refractivity contribution in [1.29, 1.82) is 0 Å². The minimum Gasteiger partial charge on any atom is -0.343 e. The molecule has 2 aliphatic rings. The smallest absolute Gasteiger partial charge is 0.251 e. The van der Waals surface area contributed by atoms with E-state index in [1.165, 1.54) is 4.90 Å². The summed E-state index contributed by atoms with van der Waals surface area (Å²) < 4.78 is 0. The van der Waals surface area contributed by atoms with E-state index in [2.05, 4.69) is 20.9 Å². The maximum Gasteiger partial charge on any atom is 0.251 e. The van der Waals surface area contributed by atoms with Crippen LogP contribution in [0.1, 0.15) is 51.0 Å². The van der Waals surface area contributed by atoms with Crippen molar-refractivity contribution in [3.05, 3.63) is 54.2 Å². The largest absolute Gasteiger partial charge is 0.343 e. The number of amides is 3. The Balaban J connectivity index is 1.64. The number of benzene rings is 1. The molecule has 1 aliphatic heterocycles. The van der Waals surface area contributed by atoms with Gasteiger partial charge in [-0.05, 0) is 56.0 Å². The molecule has 186 valence electrons. The van der Waals surface area contributed by atoms with E-state index >= 15 is 0 Å². The van der Waals surface area contributed by atoms with Crippen molar-refractivity contribution in [3.8, 4) is 0 Å². The van der Waals surface area contributed by atoms with E-state index in [0.29, 0.717) is 24.3 Å². The van der Waals surface area contributed by atoms with E-state index in [4.69, 9.17) is 0 Å². The lowest BCUT2D eigenvalue weighted by Gasteiger charge is -2.35. The molecule has 2 heterocycles. The number of nitrogens with one attached hydrogen (secondary N) is 3. The van der Waals surface area contributed by atoms with Crippen LogP contribution in [-0.4, -0.2) is 47.9 Å². The second-order valence-corrected chi connectivity index (χ2v) is 9.40. The van der Waals surface area contributed by atoms with E-state index < -0.39 is 12.1 Å². The monoisotopic (exact) mass is 477 g/mol. The summed E-state index contributed by atoms with van der Waals surface area (Å²) in [5, 5.41) is 9.02. The van der Waals surface area contributed by atoms with Crippen LogP contribution < -0.4 is 20.9 Å². The molecule has 3 N–H and O–H groups in total. The lowest BCUT2D eigenvalue weighted by Crippen LogP contribution is -2.59. The number of aromatic nitrogens is 1. The summed E-state index contributed by atoms with van der Waals surface area (Å²) >= 11 is 0. The maximum absolute atomic E-state index is 14.2. The highest BCUT2D eigenvalue weighted by molar-refractivity contribution is 6.09. The number of nitrogens with zero attached hydrogens (tertiary/aromatic N) is 2. The molecule has 1 saturated carbocycles. The predicted octanol–water partition coefficient (Wildman–Crippen LogP) is 3.04. The molecule has 1 aromatic heterocycles. The van der Waals surface area contributed by atoms with Crippen LogP contribution in [0.2, 0.25) is 0 Å². The molecule has 3 unspecified atom stereocenters. The molecule has 1 aliphatic carbocycles. The molecule has 1 fully saturated rings. The first-order chi connectivity index (χ1) is 17.0. The van der Waals surface area contributed by atoms with Gasteiger partial charge in [0.15, 0.2) is 0 Å². The predicted molar refractivity (Wildman–Crippen MR) is 136 cm³/mol. The lowest BCUT2D eigenvalue weighted by atomic mass is 9.83. The number of hydrogen-bond donors (Lipinski definition) is 3. The number of hydrogen-bond acceptors (Lipinski definition) is 5. The summed E-state index contributed by atoms with van der Waals surface area (Å²) in [7, 11) is 1.75. The summed E-state index contributed by atoms with van der Waals surface area (Å²) in [6.07, 6.45) is 7.57. The topological polar surface area (TPSA) is 103 Å². The van der Waals surface area contributed by atoms with Gasteiger partial charge in [0.05, 0.1) is 6.04 Å². The first-order valence-corrected chi connectivity index (χ1v) is 12.6. The van der Waals surface area contributed by atoms with Crippen molar-refractivity contribution >= 4 is 29.2 Å². The molecule has 0 saturated heterocycles. The van der Waals surface area contributed by atoms with Crippen molar-refractivity contribution in [2.24, 2.45) is 5.92 Å². The van der Waals surface area contributed by atoms with Crippen molar-refractivity contribution in [3.63, 3.8) is 0 Å². The molecular weight excluding hydrogens is 442 g/mol. The summed E-state index contributed by atoms with van der Waals surface area (Å²) in [6.45, 7) is 1.93. The van der Waals surface area contributed by atoms with Gasteiger partial charge in [-0.15, -0.1) is 0 Å². The molecule has 2 aromatic rings. The van der Waals surface area contributed by atoms with Crippen LogP contribution in [0.25, 0.3) is 0 Å². The van der Waals surface area contributed by atoms with Crippen LogP contribution >= 0.6 is 0 Å². The van der Waals surface area contributed by atoms with Crippen LogP contribution in [0.3, 0.4) is 0 Å². The maximum atomic E-state index is 14.2. The zero-order chi connectivity index (χ0) is 24.8. The second kappa shape index (κ2) is 11.4. The van der Waals surface area contributed by atoms with Gasteiger partial charge in [0, 0.05) is 18.3 Å². The summed E-state index contributed by atoms with van der Waals surface area (Å²) in [5.74, 6) is -0.189. The van der Waals surface area contributed by atoms with Gasteiger partial charge in [-0.1, -0.05) is 50.5 Å². The van der Waals surface area contributed by atoms with Gasteiger partial charge < -0.3 is 16.0 Å². The molecule has 0 radical (unpaired) electrons. The number of anilines is 2. The van der Waals surface area contributed by atoms with Gasteiger partial charge in [0.25, 0.3) is 5.91 Å². The molecule has 1 aromatic carbocycles. The van der Waals surface area contributed by atoms with Crippen molar-refractivity contribution in [2.45, 2.75) is 70.0 Å². The minimum atomic E-state index is -0.734. The molecular formula is C27H35N5O3. The molecule has 3 amide bonds. The summed E-state index contributed by atoms with van der Waals surface area (Å²) in [4.78, 5) is 46.6. The fourth-order valence-electron chi connectivity index (χ4n) is 5.24.